The first-order valence-electron chi connectivity index (χ1n) is 5.48. The molecule has 0 aromatic heterocycles. The van der Waals surface area contributed by atoms with Gasteiger partial charge in [0, 0.05) is 12.0 Å². The van der Waals surface area contributed by atoms with E-state index in [2.05, 4.69) is 0 Å². The normalized spacial score (nSPS) is 29.8. The minimum Gasteiger partial charge on any atom is -0.462 e. The van der Waals surface area contributed by atoms with Crippen molar-refractivity contribution < 1.29 is 24.9 Å². The van der Waals surface area contributed by atoms with Crippen molar-refractivity contribution in [2.45, 2.75) is 44.5 Å². The lowest BCUT2D eigenvalue weighted by molar-refractivity contribution is -0.140. The minimum absolute atomic E-state index is 0.0170. The van der Waals surface area contributed by atoms with Crippen molar-refractivity contribution in [2.75, 3.05) is 6.61 Å². The molecule has 0 aromatic rings. The number of rotatable bonds is 4. The molecule has 0 heterocycles. The Morgan fingerprint density at radius 3 is 2.75 bits per heavy atom. The summed E-state index contributed by atoms with van der Waals surface area (Å²) >= 11 is 0. The Bertz CT molecular complexity index is 274. The first kappa shape index (κ1) is 13.2. The Labute approximate surface area is 94.4 Å². The van der Waals surface area contributed by atoms with Crippen LogP contribution >= 0.6 is 0 Å². The Kier molecular flexibility index (Phi) is 4.92. The summed E-state index contributed by atoms with van der Waals surface area (Å²) in [5, 5.41) is 28.0. The lowest BCUT2D eigenvalue weighted by atomic mass is 9.92. The Morgan fingerprint density at radius 1 is 1.50 bits per heavy atom. The average Bonchev–Trinajstić information content (AvgIpc) is 2.25. The highest BCUT2D eigenvalue weighted by molar-refractivity contribution is 5.88. The standard InChI is InChI=1S/C11H18O5/c1-2-3-4-16-11(15)7-5-8(12)10(14)9(13)6-7/h5,8-10,12-14H,2-4,6H2,1H3/t8-,9-,10-/m1/s1. The molecule has 0 bridgehead atoms. The molecule has 3 atom stereocenters. The average molecular weight is 230 g/mol. The topological polar surface area (TPSA) is 87.0 Å². The predicted molar refractivity (Wildman–Crippen MR) is 56.6 cm³/mol. The maximum atomic E-state index is 11.5. The molecule has 0 saturated heterocycles. The summed E-state index contributed by atoms with van der Waals surface area (Å²) < 4.78 is 4.94. The Morgan fingerprint density at radius 2 is 2.19 bits per heavy atom. The van der Waals surface area contributed by atoms with E-state index in [0.29, 0.717) is 6.61 Å². The quantitative estimate of drug-likeness (QED) is 0.457. The predicted octanol–water partition coefficient (Wildman–Crippen LogP) is -0.257. The second kappa shape index (κ2) is 5.98. The van der Waals surface area contributed by atoms with Gasteiger partial charge in [-0.15, -0.1) is 0 Å². The first-order chi connectivity index (χ1) is 7.56. The van der Waals surface area contributed by atoms with Gasteiger partial charge in [-0.2, -0.15) is 0 Å². The molecule has 0 spiro atoms. The molecule has 0 fully saturated rings. The molecule has 0 saturated carbocycles. The minimum atomic E-state index is -1.23. The highest BCUT2D eigenvalue weighted by Crippen LogP contribution is 2.20. The SMILES string of the molecule is CCCCOC(=O)C1=C[C@@H](O)[C@@H](O)[C@H](O)C1. The van der Waals surface area contributed by atoms with E-state index in [0.717, 1.165) is 12.8 Å². The largest absolute Gasteiger partial charge is 0.462 e. The van der Waals surface area contributed by atoms with Crippen LogP contribution in [0.4, 0.5) is 0 Å². The van der Waals surface area contributed by atoms with Gasteiger partial charge in [0.25, 0.3) is 0 Å². The maximum absolute atomic E-state index is 11.5. The zero-order valence-electron chi connectivity index (χ0n) is 9.30. The summed E-state index contributed by atoms with van der Waals surface area (Å²) in [5.74, 6) is -0.529. The van der Waals surface area contributed by atoms with Crippen LogP contribution in [0.3, 0.4) is 0 Å². The van der Waals surface area contributed by atoms with Gasteiger partial charge < -0.3 is 20.1 Å². The molecule has 0 amide bonds. The number of aliphatic hydroxyl groups excluding tert-OH is 3. The molecule has 0 aliphatic heterocycles. The highest BCUT2D eigenvalue weighted by atomic mass is 16.5. The van der Waals surface area contributed by atoms with Crippen molar-refractivity contribution in [2.24, 2.45) is 0 Å². The molecular weight excluding hydrogens is 212 g/mol. The van der Waals surface area contributed by atoms with Gasteiger partial charge in [-0.1, -0.05) is 13.3 Å². The number of carbonyl (C=O) groups excluding carboxylic acids is 1. The van der Waals surface area contributed by atoms with Crippen molar-refractivity contribution in [1.82, 2.24) is 0 Å². The van der Waals surface area contributed by atoms with E-state index in [4.69, 9.17) is 4.74 Å². The fourth-order valence-corrected chi connectivity index (χ4v) is 1.50. The molecule has 0 unspecified atom stereocenters. The summed E-state index contributed by atoms with van der Waals surface area (Å²) in [6, 6.07) is 0. The van der Waals surface area contributed by atoms with Crippen molar-refractivity contribution in [1.29, 1.82) is 0 Å². The van der Waals surface area contributed by atoms with Crippen LogP contribution in [0.25, 0.3) is 0 Å². The van der Waals surface area contributed by atoms with Crippen molar-refractivity contribution in [3.8, 4) is 0 Å². The van der Waals surface area contributed by atoms with E-state index in [1.807, 2.05) is 6.92 Å². The van der Waals surface area contributed by atoms with Crippen molar-refractivity contribution in [3.05, 3.63) is 11.6 Å². The summed E-state index contributed by atoms with van der Waals surface area (Å²) in [6.07, 6.45) is -0.587. The van der Waals surface area contributed by atoms with Gasteiger partial charge in [-0.05, 0) is 12.5 Å². The second-order valence-corrected chi connectivity index (χ2v) is 3.93. The number of carbonyl (C=O) groups is 1. The number of unbranched alkanes of at least 4 members (excludes halogenated alkanes) is 1. The summed E-state index contributed by atoms with van der Waals surface area (Å²) in [6.45, 7) is 2.32. The maximum Gasteiger partial charge on any atom is 0.333 e. The summed E-state index contributed by atoms with van der Waals surface area (Å²) in [4.78, 5) is 11.5. The van der Waals surface area contributed by atoms with E-state index in [1.165, 1.54) is 6.08 Å². The lowest BCUT2D eigenvalue weighted by Crippen LogP contribution is -2.41. The molecule has 1 aliphatic carbocycles. The highest BCUT2D eigenvalue weighted by Gasteiger charge is 2.31. The molecule has 1 aliphatic rings. The van der Waals surface area contributed by atoms with E-state index < -0.39 is 24.3 Å². The Hall–Kier alpha value is -0.910. The third-order valence-corrected chi connectivity index (χ3v) is 2.54. The van der Waals surface area contributed by atoms with Gasteiger partial charge >= 0.3 is 5.97 Å². The number of ether oxygens (including phenoxy) is 1. The number of hydrogen-bond acceptors (Lipinski definition) is 5. The van der Waals surface area contributed by atoms with E-state index in [9.17, 15) is 20.1 Å². The molecule has 3 N–H and O–H groups in total. The van der Waals surface area contributed by atoms with E-state index in [1.54, 1.807) is 0 Å². The van der Waals surface area contributed by atoms with Crippen LogP contribution in [0, 0.1) is 0 Å². The van der Waals surface area contributed by atoms with E-state index >= 15 is 0 Å². The summed E-state index contributed by atoms with van der Waals surface area (Å²) in [7, 11) is 0. The van der Waals surface area contributed by atoms with Crippen molar-refractivity contribution in [3.63, 3.8) is 0 Å². The smallest absolute Gasteiger partial charge is 0.333 e. The second-order valence-electron chi connectivity index (χ2n) is 3.93. The fourth-order valence-electron chi connectivity index (χ4n) is 1.50. The van der Waals surface area contributed by atoms with Crippen LogP contribution in [-0.2, 0) is 9.53 Å². The molecule has 92 valence electrons. The van der Waals surface area contributed by atoms with Gasteiger partial charge in [-0.3, -0.25) is 0 Å². The third kappa shape index (κ3) is 3.30. The van der Waals surface area contributed by atoms with Crippen LogP contribution in [0.2, 0.25) is 0 Å². The van der Waals surface area contributed by atoms with Gasteiger partial charge in [0.1, 0.15) is 12.2 Å². The fraction of sp³-hybridized carbons (Fsp3) is 0.727. The molecule has 5 nitrogen and oxygen atoms in total. The monoisotopic (exact) mass is 230 g/mol. The molecule has 0 aromatic carbocycles. The van der Waals surface area contributed by atoms with Gasteiger partial charge in [0.15, 0.2) is 0 Å². The molecular formula is C11H18O5. The van der Waals surface area contributed by atoms with Gasteiger partial charge in [0.2, 0.25) is 0 Å². The van der Waals surface area contributed by atoms with Crippen LogP contribution in [0.15, 0.2) is 11.6 Å². The van der Waals surface area contributed by atoms with Crippen molar-refractivity contribution >= 4 is 5.97 Å². The third-order valence-electron chi connectivity index (χ3n) is 2.54. The van der Waals surface area contributed by atoms with Crippen LogP contribution in [0.1, 0.15) is 26.2 Å². The van der Waals surface area contributed by atoms with Crippen LogP contribution in [-0.4, -0.2) is 46.2 Å². The molecule has 5 heteroatoms. The number of esters is 1. The van der Waals surface area contributed by atoms with Gasteiger partial charge in [0.05, 0.1) is 12.7 Å². The molecule has 1 rings (SSSR count). The Balaban J connectivity index is 2.53. The zero-order valence-corrected chi connectivity index (χ0v) is 9.30. The van der Waals surface area contributed by atoms with E-state index in [-0.39, 0.29) is 12.0 Å². The first-order valence-corrected chi connectivity index (χ1v) is 5.48. The summed E-state index contributed by atoms with van der Waals surface area (Å²) in [5.41, 5.74) is 0.224. The van der Waals surface area contributed by atoms with Gasteiger partial charge in [-0.25, -0.2) is 4.79 Å². The lowest BCUT2D eigenvalue weighted by Gasteiger charge is -2.26. The van der Waals surface area contributed by atoms with Crippen LogP contribution in [0.5, 0.6) is 0 Å². The number of hydrogen-bond donors (Lipinski definition) is 3. The molecule has 16 heavy (non-hydrogen) atoms. The van der Waals surface area contributed by atoms with Crippen LogP contribution < -0.4 is 0 Å². The molecule has 0 radical (unpaired) electrons. The zero-order chi connectivity index (χ0) is 12.1. The number of aliphatic hydroxyl groups is 3.